The molecule has 0 aliphatic rings. The van der Waals surface area contributed by atoms with Gasteiger partial charge in [0.2, 0.25) is 0 Å². The molecule has 0 aliphatic carbocycles. The second-order valence-electron chi connectivity index (χ2n) is 9.83. The number of benzene rings is 2. The number of nitrogens with two attached hydrogens (primary N) is 1. The first-order chi connectivity index (χ1) is 20.4. The molecule has 10 nitrogen and oxygen atoms in total. The van der Waals surface area contributed by atoms with Gasteiger partial charge in [-0.3, -0.25) is 14.4 Å². The summed E-state index contributed by atoms with van der Waals surface area (Å²) in [6.07, 6.45) is 5.09. The Hall–Kier alpha value is -5.25. The number of rotatable bonds is 7. The molecule has 224 valence electrons. The van der Waals surface area contributed by atoms with Crippen LogP contribution in [0, 0.1) is 27.7 Å². The van der Waals surface area contributed by atoms with Crippen LogP contribution in [0.15, 0.2) is 84.8 Å². The number of aryl methyl sites for hydroxylation is 4. The zero-order valence-electron chi connectivity index (χ0n) is 25.8. The lowest BCUT2D eigenvalue weighted by molar-refractivity contribution is -0.113. The Morgan fingerprint density at radius 2 is 1.30 bits per heavy atom. The van der Waals surface area contributed by atoms with E-state index in [4.69, 9.17) is 5.73 Å². The molecule has 10 heteroatoms. The summed E-state index contributed by atoms with van der Waals surface area (Å²) < 4.78 is 0. The third-order valence-electron chi connectivity index (χ3n) is 5.83. The molecule has 0 saturated heterocycles. The monoisotopic (exact) mass is 581 g/mol. The molecule has 2 aromatic heterocycles. The van der Waals surface area contributed by atoms with Crippen molar-refractivity contribution >= 4 is 28.8 Å². The fourth-order valence-electron chi connectivity index (χ4n) is 3.55. The Morgan fingerprint density at radius 3 is 1.77 bits per heavy atom. The van der Waals surface area contributed by atoms with E-state index in [2.05, 4.69) is 25.3 Å². The lowest BCUT2D eigenvalue weighted by atomic mass is 10.0. The number of aromatic nitrogens is 4. The Morgan fingerprint density at radius 1 is 0.791 bits per heavy atom. The van der Waals surface area contributed by atoms with Crippen LogP contribution in [0.25, 0.3) is 0 Å². The highest BCUT2D eigenvalue weighted by molar-refractivity contribution is 6.05. The summed E-state index contributed by atoms with van der Waals surface area (Å²) in [5.74, 6) is 1.21. The van der Waals surface area contributed by atoms with Crippen LogP contribution in [0.2, 0.25) is 0 Å². The SMILES string of the molecule is CC(=O)/C(=C/N(C)C)CC(=O)c1ccccc1.Cc1ncc(N)c(C)n1.Cc1ncc(NC(=O)c2ccccc2)c(C)n1. The van der Waals surface area contributed by atoms with E-state index in [1.165, 1.54) is 6.92 Å². The Bertz CT molecular complexity index is 1550. The predicted molar refractivity (Wildman–Crippen MR) is 170 cm³/mol. The molecule has 43 heavy (non-hydrogen) atoms. The average Bonchev–Trinajstić information content (AvgIpc) is 2.97. The van der Waals surface area contributed by atoms with Gasteiger partial charge in [-0.15, -0.1) is 0 Å². The molecule has 0 atom stereocenters. The number of carbonyl (C=O) groups is 3. The number of anilines is 2. The summed E-state index contributed by atoms with van der Waals surface area (Å²) in [7, 11) is 3.66. The van der Waals surface area contributed by atoms with E-state index >= 15 is 0 Å². The number of amides is 1. The van der Waals surface area contributed by atoms with Crippen LogP contribution in [-0.2, 0) is 4.79 Å². The summed E-state index contributed by atoms with van der Waals surface area (Å²) in [5.41, 5.74) is 10.2. The Kier molecular flexibility index (Phi) is 13.3. The highest BCUT2D eigenvalue weighted by Crippen LogP contribution is 2.13. The smallest absolute Gasteiger partial charge is 0.255 e. The van der Waals surface area contributed by atoms with Gasteiger partial charge in [0.05, 0.1) is 35.2 Å². The van der Waals surface area contributed by atoms with E-state index in [-0.39, 0.29) is 23.9 Å². The quantitative estimate of drug-likeness (QED) is 0.219. The van der Waals surface area contributed by atoms with Gasteiger partial charge in [-0.1, -0.05) is 48.5 Å². The first-order valence-corrected chi connectivity index (χ1v) is 13.6. The zero-order valence-corrected chi connectivity index (χ0v) is 25.8. The van der Waals surface area contributed by atoms with Crippen molar-refractivity contribution in [3.63, 3.8) is 0 Å². The topological polar surface area (TPSA) is 144 Å². The lowest BCUT2D eigenvalue weighted by Crippen LogP contribution is -2.13. The number of nitrogen functional groups attached to an aromatic ring is 1. The summed E-state index contributed by atoms with van der Waals surface area (Å²) in [6, 6.07) is 18.1. The van der Waals surface area contributed by atoms with Gasteiger partial charge in [-0.05, 0) is 46.8 Å². The number of allylic oxidation sites excluding steroid dienone is 1. The number of nitrogens with zero attached hydrogens (tertiary/aromatic N) is 5. The molecule has 0 radical (unpaired) electrons. The van der Waals surface area contributed by atoms with E-state index < -0.39 is 0 Å². The van der Waals surface area contributed by atoms with Crippen molar-refractivity contribution in [1.82, 2.24) is 24.8 Å². The number of ketones is 2. The Labute approximate surface area is 253 Å². The van der Waals surface area contributed by atoms with Gasteiger partial charge in [0.15, 0.2) is 11.6 Å². The van der Waals surface area contributed by atoms with Crippen molar-refractivity contribution in [3.8, 4) is 0 Å². The van der Waals surface area contributed by atoms with E-state index in [0.717, 1.165) is 17.2 Å². The van der Waals surface area contributed by atoms with Crippen LogP contribution >= 0.6 is 0 Å². The minimum absolute atomic E-state index is 0.0334. The van der Waals surface area contributed by atoms with Crippen LogP contribution in [-0.4, -0.2) is 56.4 Å². The number of carbonyl (C=O) groups excluding carboxylic acids is 3. The van der Waals surface area contributed by atoms with Gasteiger partial charge < -0.3 is 16.0 Å². The Balaban J connectivity index is 0.000000236. The minimum atomic E-state index is -0.152. The van der Waals surface area contributed by atoms with Crippen LogP contribution in [0.3, 0.4) is 0 Å². The molecule has 4 aromatic rings. The molecule has 0 aliphatic heterocycles. The summed E-state index contributed by atoms with van der Waals surface area (Å²) >= 11 is 0. The average molecular weight is 582 g/mol. The maximum Gasteiger partial charge on any atom is 0.255 e. The van der Waals surface area contributed by atoms with Crippen molar-refractivity contribution in [2.45, 2.75) is 41.0 Å². The van der Waals surface area contributed by atoms with E-state index in [0.29, 0.717) is 33.9 Å². The number of hydrogen-bond donors (Lipinski definition) is 2. The maximum atomic E-state index is 11.9. The molecule has 3 N–H and O–H groups in total. The normalized spacial score (nSPS) is 10.3. The van der Waals surface area contributed by atoms with Crippen molar-refractivity contribution in [2.75, 3.05) is 25.1 Å². The van der Waals surface area contributed by atoms with Crippen molar-refractivity contribution in [1.29, 1.82) is 0 Å². The fourth-order valence-corrected chi connectivity index (χ4v) is 3.55. The minimum Gasteiger partial charge on any atom is -0.396 e. The second-order valence-corrected chi connectivity index (χ2v) is 9.83. The van der Waals surface area contributed by atoms with Crippen LogP contribution < -0.4 is 11.1 Å². The van der Waals surface area contributed by atoms with Gasteiger partial charge >= 0.3 is 0 Å². The largest absolute Gasteiger partial charge is 0.396 e. The molecule has 1 amide bonds. The van der Waals surface area contributed by atoms with Gasteiger partial charge in [-0.2, -0.15) is 0 Å². The summed E-state index contributed by atoms with van der Waals surface area (Å²) in [6.45, 7) is 8.84. The van der Waals surface area contributed by atoms with Crippen LogP contribution in [0.5, 0.6) is 0 Å². The lowest BCUT2D eigenvalue weighted by Gasteiger charge is -2.09. The zero-order chi connectivity index (χ0) is 31.9. The molecular formula is C33H39N7O3. The van der Waals surface area contributed by atoms with Crippen LogP contribution in [0.1, 0.15) is 57.1 Å². The fraction of sp³-hybridized carbons (Fsp3) is 0.242. The highest BCUT2D eigenvalue weighted by atomic mass is 16.2. The van der Waals surface area contributed by atoms with E-state index in [1.54, 1.807) is 47.8 Å². The third kappa shape index (κ3) is 12.0. The molecular weight excluding hydrogens is 542 g/mol. The van der Waals surface area contributed by atoms with Gasteiger partial charge in [0.1, 0.15) is 11.6 Å². The molecule has 0 saturated carbocycles. The van der Waals surface area contributed by atoms with Gasteiger partial charge in [-0.25, -0.2) is 19.9 Å². The number of nitrogens with one attached hydrogen (secondary N) is 1. The van der Waals surface area contributed by atoms with Crippen molar-refractivity contribution in [2.24, 2.45) is 0 Å². The second kappa shape index (κ2) is 16.9. The molecule has 2 heterocycles. The van der Waals surface area contributed by atoms with Gasteiger partial charge in [0, 0.05) is 43.4 Å². The molecule has 0 bridgehead atoms. The molecule has 0 spiro atoms. The first-order valence-electron chi connectivity index (χ1n) is 13.6. The van der Waals surface area contributed by atoms with E-state index in [9.17, 15) is 14.4 Å². The van der Waals surface area contributed by atoms with Gasteiger partial charge in [0.25, 0.3) is 5.91 Å². The summed E-state index contributed by atoms with van der Waals surface area (Å²) in [4.78, 5) is 53.2. The molecule has 2 aromatic carbocycles. The molecule has 4 rings (SSSR count). The number of hydrogen-bond acceptors (Lipinski definition) is 9. The molecule has 0 fully saturated rings. The van der Waals surface area contributed by atoms with E-state index in [1.807, 2.05) is 78.2 Å². The number of Topliss-reactive ketones (excluding diaryl/α,β-unsaturated/α-hetero) is 2. The predicted octanol–water partition coefficient (Wildman–Crippen LogP) is 5.32. The first kappa shape index (κ1) is 34.0. The highest BCUT2D eigenvalue weighted by Gasteiger charge is 2.12. The van der Waals surface area contributed by atoms with Crippen molar-refractivity contribution in [3.05, 3.63) is 119 Å². The standard InChI is InChI=1S/C14H17NO2.C13H13N3O.C6H9N3/c1-11(16)13(10-15(2)3)9-14(17)12-7-5-4-6-8-12;1-9-12(8-14-10(2)15-9)16-13(17)11-6-4-3-5-7-11;1-4-6(7)3-8-5(2)9-4/h4-8,10H,9H2,1-3H3;3-8H,1-2H3,(H,16,17);3H,7H2,1-2H3/b13-10+;;. The van der Waals surface area contributed by atoms with Crippen LogP contribution in [0.4, 0.5) is 11.4 Å². The summed E-state index contributed by atoms with van der Waals surface area (Å²) in [5, 5.41) is 2.79. The molecule has 0 unspecified atom stereocenters. The van der Waals surface area contributed by atoms with Crippen molar-refractivity contribution < 1.29 is 14.4 Å². The maximum absolute atomic E-state index is 11.9. The third-order valence-corrected chi connectivity index (χ3v) is 5.83.